The number of anilines is 1. The van der Waals surface area contributed by atoms with E-state index in [-0.39, 0.29) is 0 Å². The van der Waals surface area contributed by atoms with Crippen LogP contribution in [0, 0.1) is 10.5 Å². The van der Waals surface area contributed by atoms with Gasteiger partial charge in [0.2, 0.25) is 0 Å². The topological polar surface area (TPSA) is 50.4 Å². The van der Waals surface area contributed by atoms with E-state index in [2.05, 4.69) is 52.0 Å². The third-order valence-electron chi connectivity index (χ3n) is 2.73. The molecule has 1 aliphatic rings. The summed E-state index contributed by atoms with van der Waals surface area (Å²) in [5.74, 6) is 1.12. The van der Waals surface area contributed by atoms with Gasteiger partial charge in [0.15, 0.2) is 0 Å². The second-order valence-corrected chi connectivity index (χ2v) is 5.24. The van der Waals surface area contributed by atoms with Crippen molar-refractivity contribution in [2.75, 3.05) is 18.8 Å². The van der Waals surface area contributed by atoms with Gasteiger partial charge in [0.1, 0.15) is 0 Å². The lowest BCUT2D eigenvalue weighted by Gasteiger charge is -2.09. The third kappa shape index (κ3) is 2.66. The largest absolute Gasteiger partial charge is 0.398 e. The first kappa shape index (κ1) is 11.7. The summed E-state index contributed by atoms with van der Waals surface area (Å²) < 4.78 is 1.15. The Morgan fingerprint density at radius 3 is 2.94 bits per heavy atom. The number of aliphatic imine (C=N–C) groups is 1. The maximum atomic E-state index is 6.07. The second-order valence-electron chi connectivity index (χ2n) is 4.07. The van der Waals surface area contributed by atoms with Crippen molar-refractivity contribution in [3.8, 4) is 0 Å². The third-order valence-corrected chi connectivity index (χ3v) is 3.63. The monoisotopic (exact) mass is 329 g/mol. The molecular weight excluding hydrogens is 313 g/mol. The average molecular weight is 329 g/mol. The Hall–Kier alpha value is -0.780. The van der Waals surface area contributed by atoms with Crippen LogP contribution in [0.5, 0.6) is 0 Å². The van der Waals surface area contributed by atoms with E-state index in [4.69, 9.17) is 5.73 Å². The minimum Gasteiger partial charge on any atom is -0.398 e. The molecule has 2 rings (SSSR count). The standard InChI is InChI=1S/C12H16IN3/c1-8-6-9(12(14)10(13)7-8)2-3-11-15-4-5-16-11/h6-7H,2-5,14H2,1H3,(H,15,16). The highest BCUT2D eigenvalue weighted by atomic mass is 127. The number of amidine groups is 1. The number of aryl methyl sites for hydroxylation is 2. The van der Waals surface area contributed by atoms with E-state index >= 15 is 0 Å². The van der Waals surface area contributed by atoms with Crippen molar-refractivity contribution in [3.05, 3.63) is 26.8 Å². The summed E-state index contributed by atoms with van der Waals surface area (Å²) in [4.78, 5) is 4.39. The Bertz CT molecular complexity index is 427. The van der Waals surface area contributed by atoms with E-state index in [0.717, 1.165) is 41.0 Å². The molecule has 0 saturated carbocycles. The van der Waals surface area contributed by atoms with Gasteiger partial charge in [0, 0.05) is 22.2 Å². The first-order valence-electron chi connectivity index (χ1n) is 5.48. The molecule has 0 bridgehead atoms. The summed E-state index contributed by atoms with van der Waals surface area (Å²) in [5, 5.41) is 3.28. The molecule has 3 N–H and O–H groups in total. The van der Waals surface area contributed by atoms with Gasteiger partial charge in [-0.15, -0.1) is 0 Å². The highest BCUT2D eigenvalue weighted by Crippen LogP contribution is 2.23. The molecule has 0 radical (unpaired) electrons. The molecule has 16 heavy (non-hydrogen) atoms. The Balaban J connectivity index is 2.08. The van der Waals surface area contributed by atoms with E-state index in [1.807, 2.05) is 0 Å². The molecule has 4 heteroatoms. The van der Waals surface area contributed by atoms with E-state index in [9.17, 15) is 0 Å². The maximum Gasteiger partial charge on any atom is 0.0967 e. The highest BCUT2D eigenvalue weighted by Gasteiger charge is 2.08. The number of nitrogens with two attached hydrogens (primary N) is 1. The lowest BCUT2D eigenvalue weighted by Crippen LogP contribution is -2.19. The molecule has 0 unspecified atom stereocenters. The molecule has 3 nitrogen and oxygen atoms in total. The smallest absolute Gasteiger partial charge is 0.0967 e. The van der Waals surface area contributed by atoms with E-state index in [1.165, 1.54) is 11.1 Å². The molecule has 0 saturated heterocycles. The van der Waals surface area contributed by atoms with Crippen molar-refractivity contribution >= 4 is 34.1 Å². The summed E-state index contributed by atoms with van der Waals surface area (Å²) in [6, 6.07) is 4.29. The molecule has 1 heterocycles. The van der Waals surface area contributed by atoms with E-state index in [0.29, 0.717) is 0 Å². The molecule has 0 amide bonds. The second kappa shape index (κ2) is 5.03. The van der Waals surface area contributed by atoms with Crippen LogP contribution < -0.4 is 11.1 Å². The molecule has 0 aliphatic carbocycles. The van der Waals surface area contributed by atoms with Gasteiger partial charge < -0.3 is 11.1 Å². The minimum atomic E-state index is 0.913. The predicted octanol–water partition coefficient (Wildman–Crippen LogP) is 2.12. The molecule has 1 aromatic carbocycles. The van der Waals surface area contributed by atoms with Gasteiger partial charge in [0.05, 0.1) is 12.4 Å². The van der Waals surface area contributed by atoms with Gasteiger partial charge in [-0.3, -0.25) is 4.99 Å². The molecule has 0 atom stereocenters. The molecule has 0 aromatic heterocycles. The summed E-state index contributed by atoms with van der Waals surface area (Å²) in [6.07, 6.45) is 1.93. The van der Waals surface area contributed by atoms with Crippen LogP contribution in [0.3, 0.4) is 0 Å². The lowest BCUT2D eigenvalue weighted by atomic mass is 10.0. The Kier molecular flexibility index (Phi) is 3.68. The minimum absolute atomic E-state index is 0.913. The number of halogens is 1. The fourth-order valence-electron chi connectivity index (χ4n) is 1.90. The molecule has 0 fully saturated rings. The Morgan fingerprint density at radius 1 is 1.44 bits per heavy atom. The fraction of sp³-hybridized carbons (Fsp3) is 0.417. The highest BCUT2D eigenvalue weighted by molar-refractivity contribution is 14.1. The van der Waals surface area contributed by atoms with Gasteiger partial charge in [-0.05, 0) is 53.1 Å². The van der Waals surface area contributed by atoms with Crippen LogP contribution >= 0.6 is 22.6 Å². The van der Waals surface area contributed by atoms with Crippen molar-refractivity contribution in [2.24, 2.45) is 4.99 Å². The van der Waals surface area contributed by atoms with Gasteiger partial charge in [0.25, 0.3) is 0 Å². The fourth-order valence-corrected chi connectivity index (χ4v) is 2.74. The molecule has 1 aromatic rings. The van der Waals surface area contributed by atoms with Gasteiger partial charge in [-0.2, -0.15) is 0 Å². The Labute approximate surface area is 110 Å². The van der Waals surface area contributed by atoms with Crippen LogP contribution in [0.15, 0.2) is 17.1 Å². The van der Waals surface area contributed by atoms with E-state index in [1.54, 1.807) is 0 Å². The van der Waals surface area contributed by atoms with Gasteiger partial charge in [-0.1, -0.05) is 6.07 Å². The summed E-state index contributed by atoms with van der Waals surface area (Å²) in [6.45, 7) is 4.00. The molecule has 0 spiro atoms. The first-order valence-corrected chi connectivity index (χ1v) is 6.56. The van der Waals surface area contributed by atoms with Gasteiger partial charge in [-0.25, -0.2) is 0 Å². The summed E-state index contributed by atoms with van der Waals surface area (Å²) in [5.41, 5.74) is 9.50. The number of nitrogens with one attached hydrogen (secondary N) is 1. The summed E-state index contributed by atoms with van der Waals surface area (Å²) >= 11 is 2.29. The van der Waals surface area contributed by atoms with Crippen molar-refractivity contribution in [3.63, 3.8) is 0 Å². The zero-order valence-corrected chi connectivity index (χ0v) is 11.5. The van der Waals surface area contributed by atoms with Crippen LogP contribution in [0.4, 0.5) is 5.69 Å². The lowest BCUT2D eigenvalue weighted by molar-refractivity contribution is 0.934. The average Bonchev–Trinajstić information content (AvgIpc) is 2.74. The van der Waals surface area contributed by atoms with Crippen LogP contribution in [0.2, 0.25) is 0 Å². The van der Waals surface area contributed by atoms with Crippen molar-refractivity contribution in [1.82, 2.24) is 5.32 Å². The SMILES string of the molecule is Cc1cc(I)c(N)c(CCC2=NCCN2)c1. The number of nitrogen functional groups attached to an aromatic ring is 1. The van der Waals surface area contributed by atoms with Crippen molar-refractivity contribution in [2.45, 2.75) is 19.8 Å². The van der Waals surface area contributed by atoms with Crippen LogP contribution in [0.1, 0.15) is 17.5 Å². The van der Waals surface area contributed by atoms with Crippen LogP contribution in [-0.4, -0.2) is 18.9 Å². The molecule has 86 valence electrons. The number of rotatable bonds is 3. The van der Waals surface area contributed by atoms with Gasteiger partial charge >= 0.3 is 0 Å². The molecule has 1 aliphatic heterocycles. The zero-order valence-electron chi connectivity index (χ0n) is 9.39. The number of hydrogen-bond donors (Lipinski definition) is 2. The first-order chi connectivity index (χ1) is 7.66. The normalized spacial score (nSPS) is 14.8. The van der Waals surface area contributed by atoms with Crippen molar-refractivity contribution in [1.29, 1.82) is 0 Å². The van der Waals surface area contributed by atoms with Crippen LogP contribution in [-0.2, 0) is 6.42 Å². The summed E-state index contributed by atoms with van der Waals surface area (Å²) in [7, 11) is 0. The number of hydrogen-bond acceptors (Lipinski definition) is 3. The number of benzene rings is 1. The van der Waals surface area contributed by atoms with E-state index < -0.39 is 0 Å². The van der Waals surface area contributed by atoms with Crippen LogP contribution in [0.25, 0.3) is 0 Å². The zero-order chi connectivity index (χ0) is 11.5. The quantitative estimate of drug-likeness (QED) is 0.659. The Morgan fingerprint density at radius 2 is 2.25 bits per heavy atom. The maximum absolute atomic E-state index is 6.07. The van der Waals surface area contributed by atoms with Crippen molar-refractivity contribution < 1.29 is 0 Å². The number of nitrogens with zero attached hydrogens (tertiary/aromatic N) is 1. The molecular formula is C12H16IN3. The predicted molar refractivity (Wildman–Crippen MR) is 76.9 cm³/mol.